The average Bonchev–Trinajstić information content (AvgIpc) is 3.30. The van der Waals surface area contributed by atoms with E-state index in [2.05, 4.69) is 10.6 Å². The molecule has 3 heterocycles. The Morgan fingerprint density at radius 2 is 2.00 bits per heavy atom. The van der Waals surface area contributed by atoms with E-state index in [0.29, 0.717) is 27.4 Å². The summed E-state index contributed by atoms with van der Waals surface area (Å²) in [5.74, 6) is -0.108. The third kappa shape index (κ3) is 3.22. The molecule has 2 saturated heterocycles. The summed E-state index contributed by atoms with van der Waals surface area (Å²) in [4.78, 5) is 13.9. The number of fused-ring (bicyclic) bond motifs is 2. The lowest BCUT2D eigenvalue weighted by Gasteiger charge is -2.21. The van der Waals surface area contributed by atoms with Crippen molar-refractivity contribution in [3.8, 4) is 10.4 Å². The van der Waals surface area contributed by atoms with Gasteiger partial charge in [-0.05, 0) is 37.5 Å². The summed E-state index contributed by atoms with van der Waals surface area (Å²) < 4.78 is 23.5. The highest BCUT2D eigenvalue weighted by atomic mass is 32.2. The molecule has 6 nitrogen and oxygen atoms in total. The maximum atomic E-state index is 12.5. The fourth-order valence-electron chi connectivity index (χ4n) is 3.75. The van der Waals surface area contributed by atoms with Gasteiger partial charge in [-0.15, -0.1) is 11.3 Å². The van der Waals surface area contributed by atoms with Crippen molar-refractivity contribution in [3.63, 3.8) is 0 Å². The van der Waals surface area contributed by atoms with Gasteiger partial charge in [-0.1, -0.05) is 18.2 Å². The number of nitrogens with two attached hydrogens (primary N) is 1. The van der Waals surface area contributed by atoms with E-state index in [1.54, 1.807) is 30.3 Å². The molecule has 0 aliphatic carbocycles. The highest BCUT2D eigenvalue weighted by Gasteiger charge is 2.39. The molecule has 0 unspecified atom stereocenters. The van der Waals surface area contributed by atoms with Crippen LogP contribution in [0.3, 0.4) is 0 Å². The predicted molar refractivity (Wildman–Crippen MR) is 96.9 cm³/mol. The van der Waals surface area contributed by atoms with Crippen LogP contribution in [0.5, 0.6) is 0 Å². The van der Waals surface area contributed by atoms with Crippen LogP contribution in [0.1, 0.15) is 28.9 Å². The van der Waals surface area contributed by atoms with Crippen molar-refractivity contribution in [1.82, 2.24) is 10.6 Å². The number of benzene rings is 1. The van der Waals surface area contributed by atoms with E-state index in [-0.39, 0.29) is 16.8 Å². The molecular weight excluding hydrogens is 358 g/mol. The van der Waals surface area contributed by atoms with Crippen LogP contribution in [0.15, 0.2) is 41.3 Å². The van der Waals surface area contributed by atoms with Crippen LogP contribution in [-0.4, -0.2) is 32.5 Å². The minimum absolute atomic E-state index is 0.0705. The van der Waals surface area contributed by atoms with Crippen LogP contribution in [0, 0.1) is 0 Å². The number of hydrogen-bond acceptors (Lipinski definition) is 5. The smallest absolute Gasteiger partial charge is 0.261 e. The number of thiophene rings is 1. The summed E-state index contributed by atoms with van der Waals surface area (Å²) in [6, 6.07) is 11.1. The van der Waals surface area contributed by atoms with E-state index in [9.17, 15) is 13.2 Å². The Hall–Kier alpha value is -1.74. The van der Waals surface area contributed by atoms with Gasteiger partial charge >= 0.3 is 0 Å². The van der Waals surface area contributed by atoms with Gasteiger partial charge in [-0.3, -0.25) is 4.79 Å². The molecule has 4 N–H and O–H groups in total. The fourth-order valence-corrected chi connectivity index (χ4v) is 5.51. The standard InChI is InChI=1S/C17H19N3O3S2/c18-25(22,23)16-4-2-1-3-11(16)14-7-8-15(24-14)17(21)20-13-9-10-5-6-12(13)19-10/h1-4,7-8,10,12-13,19H,5-6,9H2,(H,20,21)(H2,18,22,23)/t10-,12+,13-/m1/s1. The zero-order valence-electron chi connectivity index (χ0n) is 13.4. The van der Waals surface area contributed by atoms with E-state index in [0.717, 1.165) is 12.8 Å². The molecule has 132 valence electrons. The first-order chi connectivity index (χ1) is 11.9. The molecule has 2 aliphatic heterocycles. The van der Waals surface area contributed by atoms with Crippen LogP contribution in [-0.2, 0) is 10.0 Å². The highest BCUT2D eigenvalue weighted by molar-refractivity contribution is 7.89. The van der Waals surface area contributed by atoms with E-state index in [1.165, 1.54) is 23.8 Å². The molecule has 1 aromatic carbocycles. The largest absolute Gasteiger partial charge is 0.347 e. The van der Waals surface area contributed by atoms with Crippen LogP contribution in [0.25, 0.3) is 10.4 Å². The zero-order chi connectivity index (χ0) is 17.6. The molecule has 2 aliphatic rings. The van der Waals surface area contributed by atoms with Crippen molar-refractivity contribution >= 4 is 27.3 Å². The molecule has 8 heteroatoms. The molecule has 3 atom stereocenters. The van der Waals surface area contributed by atoms with Crippen molar-refractivity contribution in [1.29, 1.82) is 0 Å². The number of nitrogens with one attached hydrogen (secondary N) is 2. The average molecular weight is 377 g/mol. The molecule has 4 rings (SSSR count). The number of hydrogen-bond donors (Lipinski definition) is 3. The third-order valence-corrected chi connectivity index (χ3v) is 6.99. The zero-order valence-corrected chi connectivity index (χ0v) is 15.1. The van der Waals surface area contributed by atoms with E-state index < -0.39 is 10.0 Å². The van der Waals surface area contributed by atoms with Crippen LogP contribution < -0.4 is 15.8 Å². The maximum absolute atomic E-state index is 12.5. The number of carbonyl (C=O) groups is 1. The van der Waals surface area contributed by atoms with Gasteiger partial charge in [-0.2, -0.15) is 0 Å². The quantitative estimate of drug-likeness (QED) is 0.754. The molecule has 1 amide bonds. The van der Waals surface area contributed by atoms with Gasteiger partial charge in [0.25, 0.3) is 5.91 Å². The van der Waals surface area contributed by atoms with Gasteiger partial charge in [0.15, 0.2) is 0 Å². The number of amides is 1. The Bertz CT molecular complexity index is 923. The predicted octanol–water partition coefficient (Wildman–Crippen LogP) is 1.69. The van der Waals surface area contributed by atoms with Crippen molar-refractivity contribution in [2.75, 3.05) is 0 Å². The molecule has 25 heavy (non-hydrogen) atoms. The SMILES string of the molecule is NS(=O)(=O)c1ccccc1-c1ccc(C(=O)N[C@@H]2C[C@H]3CC[C@@H]2N3)s1. The second-order valence-electron chi connectivity index (χ2n) is 6.57. The molecule has 2 bridgehead atoms. The van der Waals surface area contributed by atoms with Gasteiger partial charge in [0.05, 0.1) is 9.77 Å². The fraction of sp³-hybridized carbons (Fsp3) is 0.353. The van der Waals surface area contributed by atoms with Gasteiger partial charge < -0.3 is 10.6 Å². The first kappa shape index (κ1) is 16.7. The number of carbonyl (C=O) groups excluding carboxylic acids is 1. The topological polar surface area (TPSA) is 101 Å². The molecule has 2 fully saturated rings. The van der Waals surface area contributed by atoms with Crippen molar-refractivity contribution in [3.05, 3.63) is 41.3 Å². The summed E-state index contributed by atoms with van der Waals surface area (Å²) in [6.45, 7) is 0. The van der Waals surface area contributed by atoms with Crippen molar-refractivity contribution in [2.45, 2.75) is 42.3 Å². The summed E-state index contributed by atoms with van der Waals surface area (Å²) >= 11 is 1.28. The Balaban J connectivity index is 1.56. The highest BCUT2D eigenvalue weighted by Crippen LogP contribution is 2.33. The molecule has 0 spiro atoms. The Morgan fingerprint density at radius 1 is 1.20 bits per heavy atom. The van der Waals surface area contributed by atoms with Crippen LogP contribution >= 0.6 is 11.3 Å². The van der Waals surface area contributed by atoms with E-state index >= 15 is 0 Å². The number of rotatable bonds is 4. The summed E-state index contributed by atoms with van der Waals surface area (Å²) in [6.07, 6.45) is 3.26. The molecule has 0 radical (unpaired) electrons. The van der Waals surface area contributed by atoms with E-state index in [4.69, 9.17) is 5.14 Å². The first-order valence-electron chi connectivity index (χ1n) is 8.21. The summed E-state index contributed by atoms with van der Waals surface area (Å²) in [5, 5.41) is 11.9. The van der Waals surface area contributed by atoms with Crippen LogP contribution in [0.2, 0.25) is 0 Å². The molecule has 0 saturated carbocycles. The first-order valence-corrected chi connectivity index (χ1v) is 10.6. The van der Waals surface area contributed by atoms with Gasteiger partial charge in [0, 0.05) is 28.6 Å². The monoisotopic (exact) mass is 377 g/mol. The summed E-state index contributed by atoms with van der Waals surface area (Å²) in [5.41, 5.74) is 0.524. The minimum Gasteiger partial charge on any atom is -0.347 e. The normalized spacial score (nSPS) is 25.2. The van der Waals surface area contributed by atoms with Crippen molar-refractivity contribution in [2.24, 2.45) is 5.14 Å². The lowest BCUT2D eigenvalue weighted by atomic mass is 9.95. The summed E-state index contributed by atoms with van der Waals surface area (Å²) in [7, 11) is -3.82. The van der Waals surface area contributed by atoms with Gasteiger partial charge in [0.1, 0.15) is 0 Å². The molecule has 2 aromatic rings. The van der Waals surface area contributed by atoms with Crippen molar-refractivity contribution < 1.29 is 13.2 Å². The van der Waals surface area contributed by atoms with Crippen LogP contribution in [0.4, 0.5) is 0 Å². The Morgan fingerprint density at radius 3 is 2.68 bits per heavy atom. The Labute approximate surface area is 150 Å². The second-order valence-corrected chi connectivity index (χ2v) is 9.18. The maximum Gasteiger partial charge on any atom is 0.261 e. The third-order valence-electron chi connectivity index (χ3n) is 4.91. The number of sulfonamides is 1. The minimum atomic E-state index is -3.82. The van der Waals surface area contributed by atoms with Gasteiger partial charge in [0.2, 0.25) is 10.0 Å². The number of primary sulfonamides is 1. The van der Waals surface area contributed by atoms with Gasteiger partial charge in [-0.25, -0.2) is 13.6 Å². The molecular formula is C17H19N3O3S2. The van der Waals surface area contributed by atoms with E-state index in [1.807, 2.05) is 0 Å². The molecule has 1 aromatic heterocycles. The Kier molecular flexibility index (Phi) is 4.15. The lowest BCUT2D eigenvalue weighted by molar-refractivity contribution is 0.0935. The second kappa shape index (κ2) is 6.21. The lowest BCUT2D eigenvalue weighted by Crippen LogP contribution is -2.42.